The highest BCUT2D eigenvalue weighted by molar-refractivity contribution is 9.11. The van der Waals surface area contributed by atoms with Crippen LogP contribution in [0.15, 0.2) is 21.1 Å². The lowest BCUT2D eigenvalue weighted by Gasteiger charge is -2.10. The molecule has 0 atom stereocenters. The van der Waals surface area contributed by atoms with Crippen LogP contribution in [-0.4, -0.2) is 17.6 Å². The van der Waals surface area contributed by atoms with E-state index in [2.05, 4.69) is 37.2 Å². The van der Waals surface area contributed by atoms with E-state index in [9.17, 15) is 4.79 Å². The first-order chi connectivity index (χ1) is 6.50. The van der Waals surface area contributed by atoms with Crippen molar-refractivity contribution in [2.75, 3.05) is 11.9 Å². The second kappa shape index (κ2) is 4.79. The van der Waals surface area contributed by atoms with Crippen LogP contribution in [0.3, 0.4) is 0 Å². The van der Waals surface area contributed by atoms with Crippen LogP contribution in [0.25, 0.3) is 0 Å². The largest absolute Gasteiger partial charge is 0.480 e. The average Bonchev–Trinajstić information content (AvgIpc) is 2.01. The third-order valence-corrected chi connectivity index (χ3v) is 2.75. The van der Waals surface area contributed by atoms with Gasteiger partial charge < -0.3 is 10.4 Å². The van der Waals surface area contributed by atoms with Crippen LogP contribution in [-0.2, 0) is 4.79 Å². The molecule has 76 valence electrons. The van der Waals surface area contributed by atoms with Crippen LogP contribution < -0.4 is 5.32 Å². The van der Waals surface area contributed by atoms with E-state index in [-0.39, 0.29) is 6.54 Å². The molecular weight excluding hydrogens is 314 g/mol. The molecule has 0 unspecified atom stereocenters. The van der Waals surface area contributed by atoms with Crippen LogP contribution in [0.2, 0.25) is 0 Å². The summed E-state index contributed by atoms with van der Waals surface area (Å²) in [5.74, 6) is -0.876. The molecule has 1 aromatic carbocycles. The Bertz CT molecular complexity index is 343. The SMILES string of the molecule is Cc1cc(Br)cc(Br)c1NCC(=O)O. The summed E-state index contributed by atoms with van der Waals surface area (Å²) in [6.45, 7) is 1.83. The number of benzene rings is 1. The molecule has 14 heavy (non-hydrogen) atoms. The summed E-state index contributed by atoms with van der Waals surface area (Å²) in [6.07, 6.45) is 0. The van der Waals surface area contributed by atoms with Gasteiger partial charge in [0.15, 0.2) is 0 Å². The minimum absolute atomic E-state index is 0.0823. The number of hydrogen-bond donors (Lipinski definition) is 2. The number of aliphatic carboxylic acids is 1. The number of anilines is 1. The highest BCUT2D eigenvalue weighted by Gasteiger charge is 2.06. The molecule has 0 bridgehead atoms. The summed E-state index contributed by atoms with van der Waals surface area (Å²) in [6, 6.07) is 3.80. The van der Waals surface area contributed by atoms with Crippen LogP contribution >= 0.6 is 31.9 Å². The predicted octanol–water partition coefficient (Wildman–Crippen LogP) is 3.02. The Morgan fingerprint density at radius 1 is 1.50 bits per heavy atom. The van der Waals surface area contributed by atoms with Crippen LogP contribution in [0.1, 0.15) is 5.56 Å². The molecule has 5 heteroatoms. The fraction of sp³-hybridized carbons (Fsp3) is 0.222. The van der Waals surface area contributed by atoms with E-state index in [0.29, 0.717) is 0 Å². The van der Waals surface area contributed by atoms with Gasteiger partial charge in [-0.05, 0) is 40.5 Å². The van der Waals surface area contributed by atoms with Gasteiger partial charge in [0.2, 0.25) is 0 Å². The van der Waals surface area contributed by atoms with Crippen molar-refractivity contribution in [2.45, 2.75) is 6.92 Å². The van der Waals surface area contributed by atoms with Crippen LogP contribution in [0.4, 0.5) is 5.69 Å². The number of hydrogen-bond acceptors (Lipinski definition) is 2. The summed E-state index contributed by atoms with van der Waals surface area (Å²) in [4.78, 5) is 10.4. The first-order valence-corrected chi connectivity index (χ1v) is 5.50. The smallest absolute Gasteiger partial charge is 0.322 e. The highest BCUT2D eigenvalue weighted by Crippen LogP contribution is 2.29. The zero-order valence-electron chi connectivity index (χ0n) is 7.47. The van der Waals surface area contributed by atoms with Gasteiger partial charge in [0.1, 0.15) is 6.54 Å². The van der Waals surface area contributed by atoms with E-state index < -0.39 is 5.97 Å². The fourth-order valence-electron chi connectivity index (χ4n) is 1.09. The second-order valence-electron chi connectivity index (χ2n) is 2.83. The maximum atomic E-state index is 10.4. The Kier molecular flexibility index (Phi) is 3.95. The van der Waals surface area contributed by atoms with Gasteiger partial charge in [-0.1, -0.05) is 15.9 Å². The maximum Gasteiger partial charge on any atom is 0.322 e. The van der Waals surface area contributed by atoms with Crippen molar-refractivity contribution < 1.29 is 9.90 Å². The van der Waals surface area contributed by atoms with Crippen LogP contribution in [0, 0.1) is 6.92 Å². The predicted molar refractivity (Wildman–Crippen MR) is 62.7 cm³/mol. The number of aryl methyl sites for hydroxylation is 1. The Labute approximate surface area is 98.8 Å². The lowest BCUT2D eigenvalue weighted by Crippen LogP contribution is -2.13. The molecule has 1 rings (SSSR count). The first kappa shape index (κ1) is 11.5. The van der Waals surface area contributed by atoms with Gasteiger partial charge in [-0.25, -0.2) is 0 Å². The minimum atomic E-state index is -0.876. The van der Waals surface area contributed by atoms with E-state index in [1.807, 2.05) is 19.1 Å². The molecule has 0 radical (unpaired) electrons. The molecule has 0 aliphatic rings. The Morgan fingerprint density at radius 3 is 2.64 bits per heavy atom. The molecule has 0 aliphatic carbocycles. The lowest BCUT2D eigenvalue weighted by molar-refractivity contribution is -0.134. The van der Waals surface area contributed by atoms with Gasteiger partial charge in [-0.15, -0.1) is 0 Å². The number of halogens is 2. The zero-order valence-corrected chi connectivity index (χ0v) is 10.6. The number of nitrogens with one attached hydrogen (secondary N) is 1. The van der Waals surface area contributed by atoms with Crippen molar-refractivity contribution in [1.82, 2.24) is 0 Å². The van der Waals surface area contributed by atoms with Gasteiger partial charge in [0, 0.05) is 8.95 Å². The van der Waals surface area contributed by atoms with Crippen molar-refractivity contribution >= 4 is 43.5 Å². The zero-order chi connectivity index (χ0) is 10.7. The van der Waals surface area contributed by atoms with Crippen molar-refractivity contribution in [2.24, 2.45) is 0 Å². The van der Waals surface area contributed by atoms with Crippen molar-refractivity contribution in [3.05, 3.63) is 26.6 Å². The molecule has 0 spiro atoms. The molecule has 0 saturated carbocycles. The average molecular weight is 323 g/mol. The van der Waals surface area contributed by atoms with Crippen LogP contribution in [0.5, 0.6) is 0 Å². The third kappa shape index (κ3) is 2.99. The number of carbonyl (C=O) groups is 1. The Hall–Kier alpha value is -0.550. The topological polar surface area (TPSA) is 49.3 Å². The maximum absolute atomic E-state index is 10.4. The van der Waals surface area contributed by atoms with Gasteiger partial charge in [0.25, 0.3) is 0 Å². The quantitative estimate of drug-likeness (QED) is 0.899. The lowest BCUT2D eigenvalue weighted by atomic mass is 10.2. The summed E-state index contributed by atoms with van der Waals surface area (Å²) in [5, 5.41) is 11.4. The second-order valence-corrected chi connectivity index (χ2v) is 4.60. The molecule has 0 saturated heterocycles. The van der Waals surface area contributed by atoms with Gasteiger partial charge in [-0.3, -0.25) is 4.79 Å². The van der Waals surface area contributed by atoms with Crippen molar-refractivity contribution in [3.8, 4) is 0 Å². The van der Waals surface area contributed by atoms with E-state index in [0.717, 1.165) is 20.2 Å². The monoisotopic (exact) mass is 321 g/mol. The van der Waals surface area contributed by atoms with Crippen molar-refractivity contribution in [1.29, 1.82) is 0 Å². The highest BCUT2D eigenvalue weighted by atomic mass is 79.9. The van der Waals surface area contributed by atoms with Gasteiger partial charge in [0.05, 0.1) is 5.69 Å². The first-order valence-electron chi connectivity index (χ1n) is 3.92. The summed E-state index contributed by atoms with van der Waals surface area (Å²) in [5.41, 5.74) is 1.81. The molecule has 0 heterocycles. The molecule has 0 aromatic heterocycles. The number of carboxylic acid groups (broad SMARTS) is 1. The summed E-state index contributed by atoms with van der Waals surface area (Å²) >= 11 is 6.72. The molecular formula is C9H9Br2NO2. The molecule has 0 amide bonds. The fourth-order valence-corrected chi connectivity index (χ4v) is 2.67. The molecule has 3 nitrogen and oxygen atoms in total. The van der Waals surface area contributed by atoms with Gasteiger partial charge in [-0.2, -0.15) is 0 Å². The number of rotatable bonds is 3. The van der Waals surface area contributed by atoms with E-state index in [1.54, 1.807) is 0 Å². The Balaban J connectivity index is 2.91. The summed E-state index contributed by atoms with van der Waals surface area (Å²) in [7, 11) is 0. The third-order valence-electron chi connectivity index (χ3n) is 1.67. The molecule has 1 aromatic rings. The standard InChI is InChI=1S/C9H9Br2NO2/c1-5-2-6(10)3-7(11)9(5)12-4-8(13)14/h2-3,12H,4H2,1H3,(H,13,14). The molecule has 0 aliphatic heterocycles. The normalized spacial score (nSPS) is 9.93. The Morgan fingerprint density at radius 2 is 2.14 bits per heavy atom. The van der Waals surface area contributed by atoms with Crippen molar-refractivity contribution in [3.63, 3.8) is 0 Å². The number of carboxylic acids is 1. The molecule has 0 fully saturated rings. The van der Waals surface area contributed by atoms with Gasteiger partial charge >= 0.3 is 5.97 Å². The van der Waals surface area contributed by atoms with E-state index in [1.165, 1.54) is 0 Å². The summed E-state index contributed by atoms with van der Waals surface area (Å²) < 4.78 is 1.81. The minimum Gasteiger partial charge on any atom is -0.480 e. The van der Waals surface area contributed by atoms with E-state index >= 15 is 0 Å². The molecule has 2 N–H and O–H groups in total. The van der Waals surface area contributed by atoms with E-state index in [4.69, 9.17) is 5.11 Å².